The van der Waals surface area contributed by atoms with Crippen LogP contribution in [0.2, 0.25) is 0 Å². The number of hydrogen-bond acceptors (Lipinski definition) is 4. The van der Waals surface area contributed by atoms with Crippen LogP contribution in [-0.4, -0.2) is 44.9 Å². The Morgan fingerprint density at radius 2 is 2.20 bits per heavy atom. The minimum absolute atomic E-state index is 0.0576. The number of nitrogens with zero attached hydrogens (tertiary/aromatic N) is 3. The molecular formula is C14H22N4O2. The lowest BCUT2D eigenvalue weighted by Gasteiger charge is -2.37. The van der Waals surface area contributed by atoms with Crippen LogP contribution in [0.4, 0.5) is 10.6 Å². The van der Waals surface area contributed by atoms with E-state index in [-0.39, 0.29) is 17.5 Å². The summed E-state index contributed by atoms with van der Waals surface area (Å²) in [6, 6.07) is 1.90. The molecule has 1 aliphatic rings. The monoisotopic (exact) mass is 278 g/mol. The summed E-state index contributed by atoms with van der Waals surface area (Å²) in [5.74, 6) is 0.705. The van der Waals surface area contributed by atoms with Crippen molar-refractivity contribution in [1.29, 1.82) is 0 Å². The average Bonchev–Trinajstić information content (AvgIpc) is 2.72. The molecular weight excluding hydrogens is 256 g/mol. The molecule has 2 rings (SSSR count). The van der Waals surface area contributed by atoms with Crippen LogP contribution in [-0.2, 0) is 0 Å². The van der Waals surface area contributed by atoms with E-state index in [0.29, 0.717) is 12.4 Å². The normalized spacial score (nSPS) is 22.9. The predicted molar refractivity (Wildman–Crippen MR) is 76.8 cm³/mol. The molecule has 1 saturated heterocycles. The summed E-state index contributed by atoms with van der Waals surface area (Å²) >= 11 is 0. The fourth-order valence-electron chi connectivity index (χ4n) is 2.95. The van der Waals surface area contributed by atoms with Crippen molar-refractivity contribution in [2.45, 2.75) is 46.2 Å². The van der Waals surface area contributed by atoms with Crippen molar-refractivity contribution in [2.24, 2.45) is 5.41 Å². The minimum Gasteiger partial charge on any atom is -0.465 e. The van der Waals surface area contributed by atoms with Gasteiger partial charge in [0, 0.05) is 6.54 Å². The Labute approximate surface area is 119 Å². The first-order valence-electron chi connectivity index (χ1n) is 6.84. The molecule has 1 aromatic rings. The number of aromatic nitrogens is 2. The Bertz CT molecular complexity index is 498. The van der Waals surface area contributed by atoms with Crippen LogP contribution in [0.15, 0.2) is 12.3 Å². The maximum atomic E-state index is 11.4. The first-order chi connectivity index (χ1) is 9.29. The Morgan fingerprint density at radius 3 is 2.75 bits per heavy atom. The number of nitrogens with one attached hydrogen (secondary N) is 1. The largest absolute Gasteiger partial charge is 0.465 e. The summed E-state index contributed by atoms with van der Waals surface area (Å²) in [6.07, 6.45) is 1.62. The molecule has 0 spiro atoms. The Kier molecular flexibility index (Phi) is 3.83. The van der Waals surface area contributed by atoms with Crippen molar-refractivity contribution in [2.75, 3.05) is 11.9 Å². The number of hydrogen-bond donors (Lipinski definition) is 2. The lowest BCUT2D eigenvalue weighted by Crippen LogP contribution is -2.49. The first-order valence-corrected chi connectivity index (χ1v) is 6.84. The molecule has 1 amide bonds. The van der Waals surface area contributed by atoms with Crippen LogP contribution in [0.3, 0.4) is 0 Å². The van der Waals surface area contributed by atoms with E-state index in [1.165, 1.54) is 4.90 Å². The summed E-state index contributed by atoms with van der Waals surface area (Å²) in [7, 11) is 0. The summed E-state index contributed by atoms with van der Waals surface area (Å²) in [6.45, 7) is 8.70. The van der Waals surface area contributed by atoms with Gasteiger partial charge in [0.2, 0.25) is 0 Å². The molecule has 1 unspecified atom stereocenters. The van der Waals surface area contributed by atoms with Gasteiger partial charge in [-0.3, -0.25) is 0 Å². The smallest absolute Gasteiger partial charge is 0.407 e. The molecule has 1 aromatic heterocycles. The number of anilines is 1. The quantitative estimate of drug-likeness (QED) is 0.868. The van der Waals surface area contributed by atoms with Crippen molar-refractivity contribution >= 4 is 11.9 Å². The molecule has 0 bridgehead atoms. The molecule has 0 aliphatic carbocycles. The van der Waals surface area contributed by atoms with E-state index >= 15 is 0 Å². The third kappa shape index (κ3) is 3.00. The van der Waals surface area contributed by atoms with E-state index in [4.69, 9.17) is 0 Å². The van der Waals surface area contributed by atoms with Crippen molar-refractivity contribution < 1.29 is 9.90 Å². The lowest BCUT2D eigenvalue weighted by atomic mass is 9.82. The molecule has 2 N–H and O–H groups in total. The maximum absolute atomic E-state index is 11.4. The number of rotatable bonds is 2. The number of carbonyl (C=O) groups is 1. The molecule has 6 nitrogen and oxygen atoms in total. The number of likely N-dealkylation sites (tertiary alicyclic amines) is 1. The summed E-state index contributed by atoms with van der Waals surface area (Å²) < 4.78 is 0. The fourth-order valence-corrected chi connectivity index (χ4v) is 2.95. The van der Waals surface area contributed by atoms with Crippen molar-refractivity contribution in [3.05, 3.63) is 17.8 Å². The van der Waals surface area contributed by atoms with Crippen molar-refractivity contribution in [3.8, 4) is 0 Å². The van der Waals surface area contributed by atoms with Crippen LogP contribution in [0.25, 0.3) is 0 Å². The van der Waals surface area contributed by atoms with Gasteiger partial charge in [0.15, 0.2) is 0 Å². The van der Waals surface area contributed by atoms with E-state index in [1.807, 2.05) is 13.0 Å². The van der Waals surface area contributed by atoms with Gasteiger partial charge in [-0.2, -0.15) is 5.10 Å². The Hall–Kier alpha value is -1.85. The molecule has 6 heteroatoms. The second-order valence-electron chi connectivity index (χ2n) is 6.44. The standard InChI is InChI=1S/C14H22N4O2/c1-9-7-11(17-15-8-9)16-10-5-6-18(13(19)20)12(10)14(2,3)4/h7-8,10,12H,5-6H2,1-4H3,(H,16,17)(H,19,20)/t10-,12?/m1/s1. The zero-order valence-electron chi connectivity index (χ0n) is 12.4. The van der Waals surface area contributed by atoms with E-state index < -0.39 is 6.09 Å². The highest BCUT2D eigenvalue weighted by Crippen LogP contribution is 2.34. The molecule has 2 atom stereocenters. The highest BCUT2D eigenvalue weighted by atomic mass is 16.4. The van der Waals surface area contributed by atoms with Gasteiger partial charge in [0.25, 0.3) is 0 Å². The zero-order chi connectivity index (χ0) is 14.9. The highest BCUT2D eigenvalue weighted by Gasteiger charge is 2.44. The summed E-state index contributed by atoms with van der Waals surface area (Å²) in [5.41, 5.74) is 0.895. The minimum atomic E-state index is -0.857. The van der Waals surface area contributed by atoms with Crippen LogP contribution >= 0.6 is 0 Å². The van der Waals surface area contributed by atoms with Crippen LogP contribution in [0.5, 0.6) is 0 Å². The molecule has 110 valence electrons. The third-order valence-electron chi connectivity index (χ3n) is 3.66. The zero-order valence-corrected chi connectivity index (χ0v) is 12.4. The molecule has 0 aromatic carbocycles. The number of amides is 1. The van der Waals surface area contributed by atoms with Gasteiger partial charge in [-0.05, 0) is 30.4 Å². The Morgan fingerprint density at radius 1 is 1.50 bits per heavy atom. The molecule has 20 heavy (non-hydrogen) atoms. The van der Waals surface area contributed by atoms with Crippen LogP contribution < -0.4 is 5.32 Å². The fraction of sp³-hybridized carbons (Fsp3) is 0.643. The number of aryl methyl sites for hydroxylation is 1. The SMILES string of the molecule is Cc1cnnc(N[C@@H]2CCN(C(=O)O)C2C(C)(C)C)c1. The van der Waals surface area contributed by atoms with E-state index in [2.05, 4.69) is 36.3 Å². The van der Waals surface area contributed by atoms with Gasteiger partial charge in [0.05, 0.1) is 18.3 Å². The molecule has 0 saturated carbocycles. The third-order valence-corrected chi connectivity index (χ3v) is 3.66. The second-order valence-corrected chi connectivity index (χ2v) is 6.44. The first kappa shape index (κ1) is 14.6. The maximum Gasteiger partial charge on any atom is 0.407 e. The molecule has 0 radical (unpaired) electrons. The predicted octanol–water partition coefficient (Wildman–Crippen LogP) is 2.36. The van der Waals surface area contributed by atoms with Gasteiger partial charge < -0.3 is 15.3 Å². The molecule has 2 heterocycles. The van der Waals surface area contributed by atoms with Gasteiger partial charge in [-0.15, -0.1) is 5.10 Å². The van der Waals surface area contributed by atoms with Crippen LogP contribution in [0, 0.1) is 12.3 Å². The number of carboxylic acid groups (broad SMARTS) is 1. The van der Waals surface area contributed by atoms with Gasteiger partial charge >= 0.3 is 6.09 Å². The topological polar surface area (TPSA) is 78.4 Å². The summed E-state index contributed by atoms with van der Waals surface area (Å²) in [5, 5.41) is 20.7. The summed E-state index contributed by atoms with van der Waals surface area (Å²) in [4.78, 5) is 12.9. The van der Waals surface area contributed by atoms with E-state index in [9.17, 15) is 9.90 Å². The lowest BCUT2D eigenvalue weighted by molar-refractivity contribution is 0.103. The second kappa shape index (κ2) is 5.26. The molecule has 1 aliphatic heterocycles. The molecule has 1 fully saturated rings. The van der Waals surface area contributed by atoms with Crippen molar-refractivity contribution in [3.63, 3.8) is 0 Å². The van der Waals surface area contributed by atoms with Crippen molar-refractivity contribution in [1.82, 2.24) is 15.1 Å². The van der Waals surface area contributed by atoms with E-state index in [1.54, 1.807) is 6.20 Å². The van der Waals surface area contributed by atoms with Gasteiger partial charge in [-0.25, -0.2) is 4.79 Å². The van der Waals surface area contributed by atoms with Crippen LogP contribution in [0.1, 0.15) is 32.8 Å². The van der Waals surface area contributed by atoms with E-state index in [0.717, 1.165) is 12.0 Å². The van der Waals surface area contributed by atoms with Gasteiger partial charge in [-0.1, -0.05) is 20.8 Å². The van der Waals surface area contributed by atoms with Gasteiger partial charge in [0.1, 0.15) is 5.82 Å². The Balaban J connectivity index is 2.20. The highest BCUT2D eigenvalue weighted by molar-refractivity contribution is 5.66. The average molecular weight is 278 g/mol.